The number of halogens is 1. The smallest absolute Gasteiger partial charge is 0.162 e. The van der Waals surface area contributed by atoms with Gasteiger partial charge >= 0.3 is 0 Å². The van der Waals surface area contributed by atoms with Crippen LogP contribution in [-0.2, 0) is 6.54 Å². The van der Waals surface area contributed by atoms with E-state index in [1.807, 2.05) is 18.2 Å². The van der Waals surface area contributed by atoms with Crippen LogP contribution in [0, 0.1) is 0 Å². The number of rotatable bonds is 5. The molecule has 0 spiro atoms. The standard InChI is InChI=1S/C21H24ClN3O2/c1-26-20-11-18-15(13-23-19(18)12-21(20)27-2)14-24-7-9-25(10-8-24)17-5-3-16(22)4-6-17/h3-6,11-13,23H,7-10,14H2,1-2H3. The highest BCUT2D eigenvalue weighted by Crippen LogP contribution is 2.33. The summed E-state index contributed by atoms with van der Waals surface area (Å²) >= 11 is 6.00. The Morgan fingerprint density at radius 2 is 1.63 bits per heavy atom. The van der Waals surface area contributed by atoms with Crippen LogP contribution < -0.4 is 14.4 Å². The van der Waals surface area contributed by atoms with E-state index in [1.54, 1.807) is 14.2 Å². The molecule has 1 aliphatic heterocycles. The number of aromatic nitrogens is 1. The highest BCUT2D eigenvalue weighted by Gasteiger charge is 2.19. The van der Waals surface area contributed by atoms with Crippen LogP contribution in [0.5, 0.6) is 11.5 Å². The third-order valence-corrected chi connectivity index (χ3v) is 5.48. The molecule has 1 saturated heterocycles. The van der Waals surface area contributed by atoms with E-state index < -0.39 is 0 Å². The third-order valence-electron chi connectivity index (χ3n) is 5.23. The van der Waals surface area contributed by atoms with Crippen LogP contribution in [0.1, 0.15) is 5.56 Å². The number of nitrogens with one attached hydrogen (secondary N) is 1. The molecule has 1 aromatic heterocycles. The topological polar surface area (TPSA) is 40.7 Å². The van der Waals surface area contributed by atoms with Crippen LogP contribution in [0.15, 0.2) is 42.6 Å². The maximum absolute atomic E-state index is 6.00. The molecule has 142 valence electrons. The van der Waals surface area contributed by atoms with Crippen LogP contribution in [0.3, 0.4) is 0 Å². The van der Waals surface area contributed by atoms with Crippen molar-refractivity contribution in [2.24, 2.45) is 0 Å². The van der Waals surface area contributed by atoms with Gasteiger partial charge in [-0.25, -0.2) is 0 Å². The molecule has 1 aliphatic rings. The molecule has 0 amide bonds. The normalized spacial score (nSPS) is 15.3. The maximum atomic E-state index is 6.00. The fraction of sp³-hybridized carbons (Fsp3) is 0.333. The number of methoxy groups -OCH3 is 2. The van der Waals surface area contributed by atoms with Crippen molar-refractivity contribution < 1.29 is 9.47 Å². The van der Waals surface area contributed by atoms with E-state index in [2.05, 4.69) is 39.2 Å². The fourth-order valence-corrected chi connectivity index (χ4v) is 3.82. The number of hydrogen-bond donors (Lipinski definition) is 1. The second-order valence-corrected chi connectivity index (χ2v) is 7.24. The molecule has 3 aromatic rings. The number of ether oxygens (including phenoxy) is 2. The fourth-order valence-electron chi connectivity index (χ4n) is 3.69. The molecule has 0 radical (unpaired) electrons. The van der Waals surface area contributed by atoms with E-state index >= 15 is 0 Å². The monoisotopic (exact) mass is 385 g/mol. The molecule has 1 N–H and O–H groups in total. The van der Waals surface area contributed by atoms with Crippen LogP contribution >= 0.6 is 11.6 Å². The van der Waals surface area contributed by atoms with Crippen LogP contribution in [-0.4, -0.2) is 50.3 Å². The Morgan fingerprint density at radius 3 is 2.30 bits per heavy atom. The van der Waals surface area contributed by atoms with Crippen LogP contribution in [0.25, 0.3) is 10.9 Å². The van der Waals surface area contributed by atoms with Gasteiger partial charge < -0.3 is 19.4 Å². The predicted octanol–water partition coefficient (Wildman–Crippen LogP) is 4.16. The van der Waals surface area contributed by atoms with Gasteiger partial charge in [0.2, 0.25) is 0 Å². The van der Waals surface area contributed by atoms with E-state index in [0.29, 0.717) is 0 Å². The number of benzene rings is 2. The Bertz CT molecular complexity index is 915. The highest BCUT2D eigenvalue weighted by molar-refractivity contribution is 6.30. The average molecular weight is 386 g/mol. The Balaban J connectivity index is 1.45. The molecule has 2 aromatic carbocycles. The number of aromatic amines is 1. The van der Waals surface area contributed by atoms with E-state index in [-0.39, 0.29) is 0 Å². The molecule has 2 heterocycles. The first-order valence-corrected chi connectivity index (χ1v) is 9.50. The lowest BCUT2D eigenvalue weighted by atomic mass is 10.1. The quantitative estimate of drug-likeness (QED) is 0.716. The zero-order chi connectivity index (χ0) is 18.8. The van der Waals surface area contributed by atoms with Gasteiger partial charge in [-0.05, 0) is 35.9 Å². The number of fused-ring (bicyclic) bond motifs is 1. The summed E-state index contributed by atoms with van der Waals surface area (Å²) in [6, 6.07) is 12.2. The average Bonchev–Trinajstić information content (AvgIpc) is 3.09. The molecule has 0 atom stereocenters. The summed E-state index contributed by atoms with van der Waals surface area (Å²) in [6.45, 7) is 5.01. The molecule has 0 bridgehead atoms. The second-order valence-electron chi connectivity index (χ2n) is 6.81. The summed E-state index contributed by atoms with van der Waals surface area (Å²) in [5.41, 5.74) is 3.59. The SMILES string of the molecule is COc1cc2[nH]cc(CN3CCN(c4ccc(Cl)cc4)CC3)c2cc1OC. The van der Waals surface area contributed by atoms with Crippen LogP contribution in [0.2, 0.25) is 5.02 Å². The highest BCUT2D eigenvalue weighted by atomic mass is 35.5. The lowest BCUT2D eigenvalue weighted by Crippen LogP contribution is -2.45. The van der Waals surface area contributed by atoms with Gasteiger partial charge in [-0.2, -0.15) is 0 Å². The molecule has 5 nitrogen and oxygen atoms in total. The van der Waals surface area contributed by atoms with Crippen LogP contribution in [0.4, 0.5) is 5.69 Å². The summed E-state index contributed by atoms with van der Waals surface area (Å²) < 4.78 is 10.9. The largest absolute Gasteiger partial charge is 0.493 e. The lowest BCUT2D eigenvalue weighted by molar-refractivity contribution is 0.250. The van der Waals surface area contributed by atoms with Gasteiger partial charge in [0.05, 0.1) is 14.2 Å². The van der Waals surface area contributed by atoms with Gasteiger partial charge in [-0.3, -0.25) is 4.90 Å². The third kappa shape index (κ3) is 3.70. The molecule has 0 unspecified atom stereocenters. The van der Waals surface area contributed by atoms with E-state index in [9.17, 15) is 0 Å². The lowest BCUT2D eigenvalue weighted by Gasteiger charge is -2.36. The van der Waals surface area contributed by atoms with Crippen molar-refractivity contribution in [3.8, 4) is 11.5 Å². The molecular formula is C21H24ClN3O2. The molecular weight excluding hydrogens is 362 g/mol. The Hall–Kier alpha value is -2.37. The van der Waals surface area contributed by atoms with E-state index in [4.69, 9.17) is 21.1 Å². The second kappa shape index (κ2) is 7.71. The molecule has 27 heavy (non-hydrogen) atoms. The predicted molar refractivity (Wildman–Crippen MR) is 110 cm³/mol. The summed E-state index contributed by atoms with van der Waals surface area (Å²) in [7, 11) is 3.33. The molecule has 0 aliphatic carbocycles. The first-order chi connectivity index (χ1) is 13.2. The van der Waals surface area contributed by atoms with Crippen molar-refractivity contribution in [2.45, 2.75) is 6.54 Å². The first kappa shape index (κ1) is 18.0. The first-order valence-electron chi connectivity index (χ1n) is 9.13. The zero-order valence-corrected chi connectivity index (χ0v) is 16.4. The number of nitrogens with zero attached hydrogens (tertiary/aromatic N) is 2. The van der Waals surface area contributed by atoms with Crippen molar-refractivity contribution in [1.29, 1.82) is 0 Å². The Labute approximate surface area is 164 Å². The van der Waals surface area contributed by atoms with Gasteiger partial charge in [0.15, 0.2) is 11.5 Å². The summed E-state index contributed by atoms with van der Waals surface area (Å²) in [5, 5.41) is 1.97. The van der Waals surface area contributed by atoms with Gasteiger partial charge in [-0.1, -0.05) is 11.6 Å². The molecule has 6 heteroatoms. The van der Waals surface area contributed by atoms with E-state index in [1.165, 1.54) is 16.6 Å². The molecule has 4 rings (SSSR count). The Kier molecular flexibility index (Phi) is 5.14. The van der Waals surface area contributed by atoms with Gasteiger partial charge in [0, 0.05) is 66.6 Å². The minimum Gasteiger partial charge on any atom is -0.493 e. The van der Waals surface area contributed by atoms with Crippen molar-refractivity contribution >= 4 is 28.2 Å². The van der Waals surface area contributed by atoms with Crippen molar-refractivity contribution in [3.63, 3.8) is 0 Å². The van der Waals surface area contributed by atoms with Crippen molar-refractivity contribution in [1.82, 2.24) is 9.88 Å². The van der Waals surface area contributed by atoms with Crippen molar-refractivity contribution in [2.75, 3.05) is 45.3 Å². The van der Waals surface area contributed by atoms with Gasteiger partial charge in [0.1, 0.15) is 0 Å². The summed E-state index contributed by atoms with van der Waals surface area (Å²) in [4.78, 5) is 8.26. The maximum Gasteiger partial charge on any atom is 0.162 e. The van der Waals surface area contributed by atoms with Gasteiger partial charge in [-0.15, -0.1) is 0 Å². The van der Waals surface area contributed by atoms with E-state index in [0.717, 1.165) is 54.8 Å². The number of anilines is 1. The summed E-state index contributed by atoms with van der Waals surface area (Å²) in [5.74, 6) is 1.51. The van der Waals surface area contributed by atoms with Crippen molar-refractivity contribution in [3.05, 3.63) is 53.2 Å². The Morgan fingerprint density at radius 1 is 0.963 bits per heavy atom. The minimum atomic E-state index is 0.745. The molecule has 1 fully saturated rings. The number of piperazine rings is 1. The summed E-state index contributed by atoms with van der Waals surface area (Å²) in [6.07, 6.45) is 2.09. The number of H-pyrrole nitrogens is 1. The number of hydrogen-bond acceptors (Lipinski definition) is 4. The zero-order valence-electron chi connectivity index (χ0n) is 15.7. The molecule has 0 saturated carbocycles. The van der Waals surface area contributed by atoms with Gasteiger partial charge in [0.25, 0.3) is 0 Å². The minimum absolute atomic E-state index is 0.745.